The summed E-state index contributed by atoms with van der Waals surface area (Å²) in [5.74, 6) is 4.67. The predicted octanol–water partition coefficient (Wildman–Crippen LogP) is 1.12. The highest BCUT2D eigenvalue weighted by Crippen LogP contribution is 2.23. The highest BCUT2D eigenvalue weighted by molar-refractivity contribution is 5.97. The van der Waals surface area contributed by atoms with Gasteiger partial charge in [0.05, 0.1) is 17.7 Å². The molecule has 2 rings (SSSR count). The molecule has 5 heteroatoms. The summed E-state index contributed by atoms with van der Waals surface area (Å²) in [5.41, 5.74) is 5.11. The number of likely N-dealkylation sites (tertiary alicyclic amines) is 1. The van der Waals surface area contributed by atoms with Crippen LogP contribution in [0.3, 0.4) is 0 Å². The smallest absolute Gasteiger partial charge is 0.255 e. The van der Waals surface area contributed by atoms with E-state index in [0.29, 0.717) is 18.5 Å². The Kier molecular flexibility index (Phi) is 4.61. The van der Waals surface area contributed by atoms with Gasteiger partial charge in [0.15, 0.2) is 0 Å². The van der Waals surface area contributed by atoms with E-state index in [-0.39, 0.29) is 24.6 Å². The summed E-state index contributed by atoms with van der Waals surface area (Å²) in [7, 11) is 0. The molecule has 0 bridgehead atoms. The fraction of sp³-hybridized carbons (Fsp3) is 0.438. The molecule has 1 saturated heterocycles. The number of carbonyl (C=O) groups excluding carboxylic acids is 1. The van der Waals surface area contributed by atoms with E-state index in [1.165, 1.54) is 18.2 Å². The lowest BCUT2D eigenvalue weighted by Crippen LogP contribution is -2.48. The fourth-order valence-electron chi connectivity index (χ4n) is 2.51. The van der Waals surface area contributed by atoms with Crippen LogP contribution in [0.2, 0.25) is 0 Å². The second kappa shape index (κ2) is 6.25. The maximum Gasteiger partial charge on any atom is 0.255 e. The number of nitrogens with two attached hydrogens (primary N) is 1. The second-order valence-electron chi connectivity index (χ2n) is 5.52. The Hall–Kier alpha value is -1.90. The van der Waals surface area contributed by atoms with Gasteiger partial charge in [0.25, 0.3) is 5.91 Å². The molecule has 0 aliphatic carbocycles. The van der Waals surface area contributed by atoms with E-state index in [1.807, 2.05) is 0 Å². The average Bonchev–Trinajstić information content (AvgIpc) is 2.44. The van der Waals surface area contributed by atoms with E-state index in [2.05, 4.69) is 11.8 Å². The molecular weight excluding hydrogens is 271 g/mol. The van der Waals surface area contributed by atoms with Gasteiger partial charge in [-0.15, -0.1) is 0 Å². The number of aliphatic hydroxyl groups is 1. The van der Waals surface area contributed by atoms with Gasteiger partial charge >= 0.3 is 0 Å². The molecule has 1 fully saturated rings. The van der Waals surface area contributed by atoms with Crippen LogP contribution in [0, 0.1) is 17.7 Å². The zero-order valence-electron chi connectivity index (χ0n) is 12.0. The van der Waals surface area contributed by atoms with E-state index >= 15 is 0 Å². The van der Waals surface area contributed by atoms with Crippen molar-refractivity contribution in [2.75, 3.05) is 19.6 Å². The third kappa shape index (κ3) is 3.81. The standard InChI is InChI=1S/C16H19FN2O2/c1-16(21)7-3-9-19(11-16)15(20)14-10-13(17)6-5-12(14)4-2-8-18/h5-6,10,21H,3,7-9,11,18H2,1H3. The van der Waals surface area contributed by atoms with Crippen LogP contribution in [0.1, 0.15) is 35.7 Å². The molecule has 0 spiro atoms. The Morgan fingerprint density at radius 2 is 2.33 bits per heavy atom. The van der Waals surface area contributed by atoms with Gasteiger partial charge in [-0.05, 0) is 38.0 Å². The number of rotatable bonds is 1. The highest BCUT2D eigenvalue weighted by atomic mass is 19.1. The monoisotopic (exact) mass is 290 g/mol. The zero-order chi connectivity index (χ0) is 15.5. The third-order valence-electron chi connectivity index (χ3n) is 3.50. The molecule has 1 unspecified atom stereocenters. The Labute approximate surface area is 123 Å². The van der Waals surface area contributed by atoms with E-state index < -0.39 is 11.4 Å². The average molecular weight is 290 g/mol. The molecule has 1 amide bonds. The molecule has 0 radical (unpaired) electrons. The highest BCUT2D eigenvalue weighted by Gasteiger charge is 2.32. The first-order chi connectivity index (χ1) is 9.93. The summed E-state index contributed by atoms with van der Waals surface area (Å²) in [6.45, 7) is 2.66. The van der Waals surface area contributed by atoms with Crippen LogP contribution < -0.4 is 5.73 Å². The first kappa shape index (κ1) is 15.5. The van der Waals surface area contributed by atoms with Gasteiger partial charge in [-0.25, -0.2) is 4.39 Å². The van der Waals surface area contributed by atoms with Crippen molar-refractivity contribution in [1.29, 1.82) is 0 Å². The first-order valence-corrected chi connectivity index (χ1v) is 6.93. The SMILES string of the molecule is CC1(O)CCCN(C(=O)c2cc(F)ccc2C#CCN)C1. The van der Waals surface area contributed by atoms with Crippen LogP contribution in [0.15, 0.2) is 18.2 Å². The minimum absolute atomic E-state index is 0.170. The van der Waals surface area contributed by atoms with Crippen LogP contribution in [0.5, 0.6) is 0 Å². The minimum atomic E-state index is -0.898. The molecule has 21 heavy (non-hydrogen) atoms. The predicted molar refractivity (Wildman–Crippen MR) is 78.1 cm³/mol. The van der Waals surface area contributed by atoms with Crippen molar-refractivity contribution in [1.82, 2.24) is 4.90 Å². The van der Waals surface area contributed by atoms with E-state index in [9.17, 15) is 14.3 Å². The largest absolute Gasteiger partial charge is 0.388 e. The molecule has 1 atom stereocenters. The van der Waals surface area contributed by atoms with Crippen LogP contribution >= 0.6 is 0 Å². The Morgan fingerprint density at radius 1 is 1.57 bits per heavy atom. The molecule has 1 aromatic rings. The van der Waals surface area contributed by atoms with Gasteiger partial charge in [0, 0.05) is 18.7 Å². The Bertz CT molecular complexity index is 602. The van der Waals surface area contributed by atoms with Crippen LogP contribution in [-0.4, -0.2) is 41.1 Å². The first-order valence-electron chi connectivity index (χ1n) is 6.93. The van der Waals surface area contributed by atoms with Crippen molar-refractivity contribution in [2.24, 2.45) is 5.73 Å². The Morgan fingerprint density at radius 3 is 3.00 bits per heavy atom. The molecule has 0 saturated carbocycles. The summed E-state index contributed by atoms with van der Waals surface area (Å²) in [6, 6.07) is 3.93. The number of nitrogens with zero attached hydrogens (tertiary/aromatic N) is 1. The van der Waals surface area contributed by atoms with Gasteiger partial charge in [-0.2, -0.15) is 0 Å². The second-order valence-corrected chi connectivity index (χ2v) is 5.52. The number of carbonyl (C=O) groups is 1. The van der Waals surface area contributed by atoms with Gasteiger partial charge < -0.3 is 15.7 Å². The van der Waals surface area contributed by atoms with Gasteiger partial charge in [-0.3, -0.25) is 4.79 Å². The number of piperidine rings is 1. The fourth-order valence-corrected chi connectivity index (χ4v) is 2.51. The molecule has 1 aliphatic heterocycles. The lowest BCUT2D eigenvalue weighted by molar-refractivity contribution is -0.0107. The van der Waals surface area contributed by atoms with Gasteiger partial charge in [0.1, 0.15) is 5.82 Å². The van der Waals surface area contributed by atoms with E-state index in [1.54, 1.807) is 11.8 Å². The molecule has 4 nitrogen and oxygen atoms in total. The third-order valence-corrected chi connectivity index (χ3v) is 3.50. The topological polar surface area (TPSA) is 66.6 Å². The molecule has 3 N–H and O–H groups in total. The van der Waals surface area contributed by atoms with Crippen molar-refractivity contribution >= 4 is 5.91 Å². The summed E-state index contributed by atoms with van der Waals surface area (Å²) in [5, 5.41) is 10.1. The summed E-state index contributed by atoms with van der Waals surface area (Å²) >= 11 is 0. The number of hydrogen-bond donors (Lipinski definition) is 2. The molecule has 0 aromatic heterocycles. The quantitative estimate of drug-likeness (QED) is 0.762. The molecule has 112 valence electrons. The van der Waals surface area contributed by atoms with Crippen molar-refractivity contribution < 1.29 is 14.3 Å². The molecule has 1 aliphatic rings. The van der Waals surface area contributed by atoms with Crippen molar-refractivity contribution in [3.63, 3.8) is 0 Å². The molecule has 1 aromatic carbocycles. The summed E-state index contributed by atoms with van der Waals surface area (Å²) in [6.07, 6.45) is 1.37. The van der Waals surface area contributed by atoms with Crippen LogP contribution in [0.25, 0.3) is 0 Å². The van der Waals surface area contributed by atoms with Crippen LogP contribution in [-0.2, 0) is 0 Å². The Balaban J connectivity index is 2.31. The number of halogens is 1. The van der Waals surface area contributed by atoms with Gasteiger partial charge in [-0.1, -0.05) is 11.8 Å². The number of benzene rings is 1. The van der Waals surface area contributed by atoms with Crippen molar-refractivity contribution in [3.05, 3.63) is 35.1 Å². The number of amides is 1. The number of β-amino-alcohol motifs (C(OH)–C–C–N with tert-alkyl or cyclic N) is 1. The molecular formula is C16H19FN2O2. The minimum Gasteiger partial charge on any atom is -0.388 e. The van der Waals surface area contributed by atoms with E-state index in [4.69, 9.17) is 5.73 Å². The van der Waals surface area contributed by atoms with Gasteiger partial charge in [0.2, 0.25) is 0 Å². The number of hydrogen-bond acceptors (Lipinski definition) is 3. The lowest BCUT2D eigenvalue weighted by Gasteiger charge is -2.37. The normalized spacial score (nSPS) is 21.6. The van der Waals surface area contributed by atoms with Crippen LogP contribution in [0.4, 0.5) is 4.39 Å². The summed E-state index contributed by atoms with van der Waals surface area (Å²) in [4.78, 5) is 14.1. The zero-order valence-corrected chi connectivity index (χ0v) is 12.0. The maximum atomic E-state index is 13.5. The van der Waals surface area contributed by atoms with Crippen molar-refractivity contribution in [3.8, 4) is 11.8 Å². The molecule has 1 heterocycles. The summed E-state index contributed by atoms with van der Waals surface area (Å²) < 4.78 is 13.5. The lowest BCUT2D eigenvalue weighted by atomic mass is 9.94. The maximum absolute atomic E-state index is 13.5. The van der Waals surface area contributed by atoms with Crippen molar-refractivity contribution in [2.45, 2.75) is 25.4 Å². The van der Waals surface area contributed by atoms with E-state index in [0.717, 1.165) is 6.42 Å².